The van der Waals surface area contributed by atoms with Gasteiger partial charge in [0.2, 0.25) is 0 Å². The molecule has 23 heavy (non-hydrogen) atoms. The molecule has 0 aliphatic rings. The molecule has 0 aliphatic carbocycles. The van der Waals surface area contributed by atoms with E-state index in [1.807, 2.05) is 24.5 Å². The monoisotopic (exact) mass is 295 g/mol. The van der Waals surface area contributed by atoms with Crippen molar-refractivity contribution in [1.29, 1.82) is 0 Å². The lowest BCUT2D eigenvalue weighted by Gasteiger charge is -2.12. The van der Waals surface area contributed by atoms with Crippen LogP contribution in [0.25, 0.3) is 33.7 Å². The van der Waals surface area contributed by atoms with Crippen LogP contribution in [-0.4, -0.2) is 4.98 Å². The predicted octanol–water partition coefficient (Wildman–Crippen LogP) is 5.87. The highest BCUT2D eigenvalue weighted by Gasteiger charge is 2.08. The summed E-state index contributed by atoms with van der Waals surface area (Å²) in [6.45, 7) is 2.21. The highest BCUT2D eigenvalue weighted by molar-refractivity contribution is 6.10. The van der Waals surface area contributed by atoms with Crippen LogP contribution in [0.1, 0.15) is 16.7 Å². The normalized spacial score (nSPS) is 11.5. The van der Waals surface area contributed by atoms with Gasteiger partial charge in [-0.05, 0) is 57.3 Å². The number of hydrogen-bond donors (Lipinski definition) is 0. The Labute approximate surface area is 135 Å². The molecule has 1 heteroatoms. The largest absolute Gasteiger partial charge is 0.265 e. The summed E-state index contributed by atoms with van der Waals surface area (Å²) in [5.74, 6) is 0. The van der Waals surface area contributed by atoms with Crippen LogP contribution in [-0.2, 0) is 0 Å². The van der Waals surface area contributed by atoms with Gasteiger partial charge in [0.15, 0.2) is 0 Å². The summed E-state index contributed by atoms with van der Waals surface area (Å²) in [4.78, 5) is 4.08. The molecule has 0 unspecified atom stereocenters. The van der Waals surface area contributed by atoms with Gasteiger partial charge in [0.05, 0.1) is 0 Å². The van der Waals surface area contributed by atoms with E-state index < -0.39 is 0 Å². The highest BCUT2D eigenvalue weighted by Crippen LogP contribution is 2.33. The molecule has 0 aliphatic heterocycles. The summed E-state index contributed by atoms with van der Waals surface area (Å²) in [6.07, 6.45) is 8.03. The Bertz CT molecular complexity index is 957. The van der Waals surface area contributed by atoms with Crippen LogP contribution in [0.2, 0.25) is 0 Å². The second-order valence-electron chi connectivity index (χ2n) is 5.74. The van der Waals surface area contributed by atoms with E-state index in [0.717, 1.165) is 5.56 Å². The topological polar surface area (TPSA) is 12.9 Å². The molecule has 0 spiro atoms. The molecule has 1 heterocycles. The third-order valence-electron chi connectivity index (χ3n) is 4.39. The fraction of sp³-hybridized carbons (Fsp3) is 0.0455. The van der Waals surface area contributed by atoms with E-state index >= 15 is 0 Å². The quantitative estimate of drug-likeness (QED) is 0.422. The van der Waals surface area contributed by atoms with Gasteiger partial charge < -0.3 is 0 Å². The van der Waals surface area contributed by atoms with Crippen molar-refractivity contribution < 1.29 is 0 Å². The molecule has 1 nitrogen and oxygen atoms in total. The van der Waals surface area contributed by atoms with Gasteiger partial charge in [-0.2, -0.15) is 0 Å². The summed E-state index contributed by atoms with van der Waals surface area (Å²) in [7, 11) is 0. The standard InChI is InChI=1S/C22H17N/c1-16-18-6-2-4-8-20(18)22(21-9-5-3-7-19(16)21)11-10-17-12-14-23-15-13-17/h2-15H,1H3. The van der Waals surface area contributed by atoms with Crippen molar-refractivity contribution in [1.82, 2.24) is 4.98 Å². The number of aryl methyl sites for hydroxylation is 1. The molecule has 110 valence electrons. The summed E-state index contributed by atoms with van der Waals surface area (Å²) in [5.41, 5.74) is 3.78. The number of rotatable bonds is 2. The first-order valence-electron chi connectivity index (χ1n) is 7.83. The van der Waals surface area contributed by atoms with E-state index in [0.29, 0.717) is 0 Å². The molecule has 0 amide bonds. The SMILES string of the molecule is Cc1c2ccccc2c(C=Cc2ccncc2)c2ccccc12. The van der Waals surface area contributed by atoms with Crippen molar-refractivity contribution in [2.75, 3.05) is 0 Å². The van der Waals surface area contributed by atoms with Gasteiger partial charge in [0, 0.05) is 12.4 Å². The maximum atomic E-state index is 4.08. The van der Waals surface area contributed by atoms with Crippen molar-refractivity contribution in [2.24, 2.45) is 0 Å². The fourth-order valence-corrected chi connectivity index (χ4v) is 3.21. The second kappa shape index (κ2) is 5.69. The molecule has 4 aromatic rings. The molecule has 0 saturated heterocycles. The van der Waals surface area contributed by atoms with E-state index in [1.54, 1.807) is 0 Å². The summed E-state index contributed by atoms with van der Waals surface area (Å²) in [5, 5.41) is 5.24. The lowest BCUT2D eigenvalue weighted by molar-refractivity contribution is 1.32. The van der Waals surface area contributed by atoms with Crippen LogP contribution in [0.15, 0.2) is 73.1 Å². The summed E-state index contributed by atoms with van der Waals surface area (Å²) >= 11 is 0. The average Bonchev–Trinajstić information content (AvgIpc) is 2.63. The molecule has 1 aromatic heterocycles. The molecule has 0 atom stereocenters. The minimum atomic E-state index is 1.16. The fourth-order valence-electron chi connectivity index (χ4n) is 3.21. The Morgan fingerprint density at radius 2 is 1.17 bits per heavy atom. The van der Waals surface area contributed by atoms with E-state index in [-0.39, 0.29) is 0 Å². The minimum Gasteiger partial charge on any atom is -0.265 e. The van der Waals surface area contributed by atoms with Crippen molar-refractivity contribution >= 4 is 33.7 Å². The van der Waals surface area contributed by atoms with Crippen LogP contribution in [0.4, 0.5) is 0 Å². The second-order valence-corrected chi connectivity index (χ2v) is 5.74. The first-order chi connectivity index (χ1) is 11.3. The van der Waals surface area contributed by atoms with E-state index in [2.05, 4.69) is 72.6 Å². The Morgan fingerprint density at radius 1 is 0.652 bits per heavy atom. The molecular weight excluding hydrogens is 278 g/mol. The lowest BCUT2D eigenvalue weighted by Crippen LogP contribution is -1.88. The van der Waals surface area contributed by atoms with Gasteiger partial charge in [-0.25, -0.2) is 0 Å². The Hall–Kier alpha value is -2.93. The van der Waals surface area contributed by atoms with Gasteiger partial charge in [-0.3, -0.25) is 4.98 Å². The third kappa shape index (κ3) is 2.40. The Balaban J connectivity index is 2.03. The summed E-state index contributed by atoms with van der Waals surface area (Å²) in [6, 6.07) is 21.3. The van der Waals surface area contributed by atoms with Crippen molar-refractivity contribution in [3.8, 4) is 0 Å². The first-order valence-corrected chi connectivity index (χ1v) is 7.83. The molecule has 3 aromatic carbocycles. The maximum Gasteiger partial charge on any atom is 0.0273 e. The molecule has 0 bridgehead atoms. The minimum absolute atomic E-state index is 1.16. The van der Waals surface area contributed by atoms with Gasteiger partial charge in [0.1, 0.15) is 0 Å². The van der Waals surface area contributed by atoms with Crippen LogP contribution >= 0.6 is 0 Å². The predicted molar refractivity (Wildman–Crippen MR) is 99.4 cm³/mol. The maximum absolute atomic E-state index is 4.08. The van der Waals surface area contributed by atoms with Crippen molar-refractivity contribution in [3.63, 3.8) is 0 Å². The van der Waals surface area contributed by atoms with Gasteiger partial charge in [-0.1, -0.05) is 60.7 Å². The first kappa shape index (κ1) is 13.7. The number of hydrogen-bond acceptors (Lipinski definition) is 1. The molecule has 0 N–H and O–H groups in total. The number of aromatic nitrogens is 1. The zero-order chi connectivity index (χ0) is 15.6. The zero-order valence-electron chi connectivity index (χ0n) is 13.0. The number of fused-ring (bicyclic) bond motifs is 2. The zero-order valence-corrected chi connectivity index (χ0v) is 13.0. The van der Waals surface area contributed by atoms with E-state index in [1.165, 1.54) is 32.7 Å². The Kier molecular flexibility index (Phi) is 3.39. The molecule has 0 fully saturated rings. The lowest BCUT2D eigenvalue weighted by atomic mass is 9.92. The number of benzene rings is 3. The van der Waals surface area contributed by atoms with Gasteiger partial charge >= 0.3 is 0 Å². The average molecular weight is 295 g/mol. The van der Waals surface area contributed by atoms with Crippen molar-refractivity contribution in [3.05, 3.63) is 89.7 Å². The third-order valence-corrected chi connectivity index (χ3v) is 4.39. The Morgan fingerprint density at radius 3 is 1.74 bits per heavy atom. The molecule has 4 rings (SSSR count). The molecule has 0 radical (unpaired) electrons. The van der Waals surface area contributed by atoms with Crippen molar-refractivity contribution in [2.45, 2.75) is 6.92 Å². The molecule has 0 saturated carbocycles. The van der Waals surface area contributed by atoms with Crippen LogP contribution in [0, 0.1) is 6.92 Å². The van der Waals surface area contributed by atoms with Crippen LogP contribution in [0.3, 0.4) is 0 Å². The van der Waals surface area contributed by atoms with Crippen LogP contribution < -0.4 is 0 Å². The van der Waals surface area contributed by atoms with E-state index in [9.17, 15) is 0 Å². The smallest absolute Gasteiger partial charge is 0.0273 e. The highest BCUT2D eigenvalue weighted by atomic mass is 14.6. The summed E-state index contributed by atoms with van der Waals surface area (Å²) < 4.78 is 0. The molecular formula is C22H17N. The van der Waals surface area contributed by atoms with Gasteiger partial charge in [-0.15, -0.1) is 0 Å². The van der Waals surface area contributed by atoms with Gasteiger partial charge in [0.25, 0.3) is 0 Å². The van der Waals surface area contributed by atoms with Crippen LogP contribution in [0.5, 0.6) is 0 Å². The van der Waals surface area contributed by atoms with E-state index in [4.69, 9.17) is 0 Å². The number of pyridine rings is 1. The number of nitrogens with zero attached hydrogens (tertiary/aromatic N) is 1.